The number of amides is 1. The first-order valence-electron chi connectivity index (χ1n) is 9.50. The summed E-state index contributed by atoms with van der Waals surface area (Å²) in [5.74, 6) is -0.657. The van der Waals surface area contributed by atoms with E-state index in [0.29, 0.717) is 31.9 Å². The second-order valence-corrected chi connectivity index (χ2v) is 7.22. The van der Waals surface area contributed by atoms with E-state index < -0.39 is 5.97 Å². The zero-order chi connectivity index (χ0) is 19.2. The first kappa shape index (κ1) is 19.8. The Morgan fingerprint density at radius 2 is 1.70 bits per heavy atom. The van der Waals surface area contributed by atoms with Crippen LogP contribution >= 0.6 is 0 Å². The highest BCUT2D eigenvalue weighted by Crippen LogP contribution is 2.15. The molecule has 2 aliphatic rings. The molecule has 0 radical (unpaired) electrons. The molecule has 2 atom stereocenters. The molecule has 0 bridgehead atoms. The van der Waals surface area contributed by atoms with E-state index >= 15 is 0 Å². The van der Waals surface area contributed by atoms with E-state index in [9.17, 15) is 9.59 Å². The summed E-state index contributed by atoms with van der Waals surface area (Å²) in [6.07, 6.45) is 0.457. The molecule has 3 rings (SSSR count). The standard InChI is InChI=1S/C20H28N2O5/c1-15-11-21(12-16(2)27-15)13-17-3-5-18(6-4-17)20(24)26-14-19(23)22-7-9-25-10-8-22/h3-6,15-16H,7-14H2,1-2H3. The number of hydrogen-bond acceptors (Lipinski definition) is 6. The molecular formula is C20H28N2O5. The Bertz CT molecular complexity index is 632. The Morgan fingerprint density at radius 3 is 2.33 bits per heavy atom. The third-order valence-electron chi connectivity index (χ3n) is 4.78. The lowest BCUT2D eigenvalue weighted by molar-refractivity contribution is -0.138. The summed E-state index contributed by atoms with van der Waals surface area (Å²) in [7, 11) is 0. The highest BCUT2D eigenvalue weighted by Gasteiger charge is 2.22. The second-order valence-electron chi connectivity index (χ2n) is 7.22. The third kappa shape index (κ3) is 5.76. The topological polar surface area (TPSA) is 68.3 Å². The van der Waals surface area contributed by atoms with Gasteiger partial charge in [0.05, 0.1) is 31.0 Å². The van der Waals surface area contributed by atoms with Crippen molar-refractivity contribution >= 4 is 11.9 Å². The van der Waals surface area contributed by atoms with E-state index in [0.717, 1.165) is 25.2 Å². The SMILES string of the molecule is CC1CN(Cc2ccc(C(=O)OCC(=O)N3CCOCC3)cc2)CC(C)O1. The van der Waals surface area contributed by atoms with Crippen molar-refractivity contribution < 1.29 is 23.8 Å². The summed E-state index contributed by atoms with van der Waals surface area (Å²) in [6, 6.07) is 7.38. The minimum atomic E-state index is -0.475. The van der Waals surface area contributed by atoms with Crippen LogP contribution in [0.4, 0.5) is 0 Å². The van der Waals surface area contributed by atoms with Gasteiger partial charge in [-0.1, -0.05) is 12.1 Å². The lowest BCUT2D eigenvalue weighted by Crippen LogP contribution is -2.44. The van der Waals surface area contributed by atoms with Crippen molar-refractivity contribution in [1.29, 1.82) is 0 Å². The predicted octanol–water partition coefficient (Wildman–Crippen LogP) is 1.31. The summed E-state index contributed by atoms with van der Waals surface area (Å²) >= 11 is 0. The van der Waals surface area contributed by atoms with Crippen molar-refractivity contribution in [2.24, 2.45) is 0 Å². The van der Waals surface area contributed by atoms with Gasteiger partial charge >= 0.3 is 5.97 Å². The van der Waals surface area contributed by atoms with Gasteiger partial charge in [0, 0.05) is 32.7 Å². The van der Waals surface area contributed by atoms with Crippen LogP contribution in [0.5, 0.6) is 0 Å². The van der Waals surface area contributed by atoms with Gasteiger partial charge in [-0.15, -0.1) is 0 Å². The molecule has 0 spiro atoms. The number of hydrogen-bond donors (Lipinski definition) is 0. The molecule has 1 aromatic carbocycles. The summed E-state index contributed by atoms with van der Waals surface area (Å²) in [6.45, 7) is 8.71. The third-order valence-corrected chi connectivity index (χ3v) is 4.78. The summed E-state index contributed by atoms with van der Waals surface area (Å²) in [5.41, 5.74) is 1.59. The van der Waals surface area contributed by atoms with Crippen LogP contribution in [0.3, 0.4) is 0 Å². The fourth-order valence-electron chi connectivity index (χ4n) is 3.53. The first-order valence-corrected chi connectivity index (χ1v) is 9.50. The molecule has 7 heteroatoms. The maximum atomic E-state index is 12.2. The number of ether oxygens (including phenoxy) is 3. The van der Waals surface area contributed by atoms with Crippen LogP contribution < -0.4 is 0 Å². The van der Waals surface area contributed by atoms with E-state index in [1.807, 2.05) is 12.1 Å². The van der Waals surface area contributed by atoms with Gasteiger partial charge in [-0.2, -0.15) is 0 Å². The quantitative estimate of drug-likeness (QED) is 0.722. The highest BCUT2D eigenvalue weighted by molar-refractivity contribution is 5.91. The van der Waals surface area contributed by atoms with Gasteiger partial charge in [0.15, 0.2) is 6.61 Å². The maximum absolute atomic E-state index is 12.2. The van der Waals surface area contributed by atoms with E-state index in [1.54, 1.807) is 17.0 Å². The molecule has 1 amide bonds. The van der Waals surface area contributed by atoms with E-state index in [1.165, 1.54) is 0 Å². The summed E-state index contributed by atoms with van der Waals surface area (Å²) < 4.78 is 16.1. The van der Waals surface area contributed by atoms with Crippen molar-refractivity contribution in [3.63, 3.8) is 0 Å². The molecule has 2 fully saturated rings. The molecule has 2 saturated heterocycles. The van der Waals surface area contributed by atoms with Gasteiger partial charge in [-0.25, -0.2) is 4.79 Å². The monoisotopic (exact) mass is 376 g/mol. The Kier molecular flexibility index (Phi) is 6.82. The number of carbonyl (C=O) groups is 2. The number of morpholine rings is 2. The zero-order valence-corrected chi connectivity index (χ0v) is 16.1. The van der Waals surface area contributed by atoms with Crippen LogP contribution in [0.15, 0.2) is 24.3 Å². The van der Waals surface area contributed by atoms with Gasteiger partial charge in [-0.3, -0.25) is 9.69 Å². The van der Waals surface area contributed by atoms with Crippen molar-refractivity contribution in [3.05, 3.63) is 35.4 Å². The first-order chi connectivity index (χ1) is 13.0. The van der Waals surface area contributed by atoms with Crippen LogP contribution in [0, 0.1) is 0 Å². The van der Waals surface area contributed by atoms with Crippen LogP contribution in [-0.2, 0) is 25.5 Å². The molecule has 0 N–H and O–H groups in total. The summed E-state index contributed by atoms with van der Waals surface area (Å²) in [5, 5.41) is 0. The number of nitrogens with zero attached hydrogens (tertiary/aromatic N) is 2. The molecule has 0 aliphatic carbocycles. The molecule has 1 aromatic rings. The molecular weight excluding hydrogens is 348 g/mol. The fraction of sp³-hybridized carbons (Fsp3) is 0.600. The molecule has 0 aromatic heterocycles. The van der Waals surface area contributed by atoms with Crippen molar-refractivity contribution in [1.82, 2.24) is 9.80 Å². The molecule has 27 heavy (non-hydrogen) atoms. The van der Waals surface area contributed by atoms with Crippen molar-refractivity contribution in [3.8, 4) is 0 Å². The minimum absolute atomic E-state index is 0.182. The highest BCUT2D eigenvalue weighted by atomic mass is 16.5. The summed E-state index contributed by atoms with van der Waals surface area (Å²) in [4.78, 5) is 28.2. The molecule has 7 nitrogen and oxygen atoms in total. The lowest BCUT2D eigenvalue weighted by atomic mass is 10.1. The number of esters is 1. The van der Waals surface area contributed by atoms with Gasteiger partial charge in [0.25, 0.3) is 5.91 Å². The number of benzene rings is 1. The van der Waals surface area contributed by atoms with Crippen LogP contribution in [0.1, 0.15) is 29.8 Å². The minimum Gasteiger partial charge on any atom is -0.452 e. The number of rotatable bonds is 5. The Balaban J connectivity index is 1.47. The second kappa shape index (κ2) is 9.30. The average molecular weight is 376 g/mol. The van der Waals surface area contributed by atoms with Crippen LogP contribution in [0.2, 0.25) is 0 Å². The molecule has 148 valence electrons. The van der Waals surface area contributed by atoms with Crippen molar-refractivity contribution in [2.45, 2.75) is 32.6 Å². The van der Waals surface area contributed by atoms with E-state index in [2.05, 4.69) is 18.7 Å². The average Bonchev–Trinajstić information content (AvgIpc) is 2.66. The van der Waals surface area contributed by atoms with Gasteiger partial charge in [-0.05, 0) is 31.5 Å². The Morgan fingerprint density at radius 1 is 1.07 bits per heavy atom. The predicted molar refractivity (Wildman–Crippen MR) is 99.4 cm³/mol. The smallest absolute Gasteiger partial charge is 0.338 e. The number of carbonyl (C=O) groups excluding carboxylic acids is 2. The molecule has 2 heterocycles. The normalized spacial score (nSPS) is 23.9. The Labute approximate surface area is 160 Å². The largest absolute Gasteiger partial charge is 0.452 e. The molecule has 0 saturated carbocycles. The van der Waals surface area contributed by atoms with Gasteiger partial charge < -0.3 is 19.1 Å². The van der Waals surface area contributed by atoms with Gasteiger partial charge in [0.2, 0.25) is 0 Å². The Hall–Kier alpha value is -1.96. The zero-order valence-electron chi connectivity index (χ0n) is 16.1. The maximum Gasteiger partial charge on any atom is 0.338 e. The van der Waals surface area contributed by atoms with Crippen LogP contribution in [0.25, 0.3) is 0 Å². The van der Waals surface area contributed by atoms with Crippen molar-refractivity contribution in [2.75, 3.05) is 46.0 Å². The molecule has 2 aliphatic heterocycles. The van der Waals surface area contributed by atoms with E-state index in [4.69, 9.17) is 14.2 Å². The van der Waals surface area contributed by atoms with Crippen LogP contribution in [-0.4, -0.2) is 79.9 Å². The fourth-order valence-corrected chi connectivity index (χ4v) is 3.53. The van der Waals surface area contributed by atoms with Gasteiger partial charge in [0.1, 0.15) is 0 Å². The molecule has 2 unspecified atom stereocenters. The lowest BCUT2D eigenvalue weighted by Gasteiger charge is -2.35. The van der Waals surface area contributed by atoms with E-state index in [-0.39, 0.29) is 24.7 Å².